The fourth-order valence-corrected chi connectivity index (χ4v) is 2.19. The molecule has 0 aliphatic heterocycles. The molecule has 1 aromatic heterocycles. The first kappa shape index (κ1) is 13.3. The van der Waals surface area contributed by atoms with E-state index in [4.69, 9.17) is 0 Å². The smallest absolute Gasteiger partial charge is 0.251 e. The van der Waals surface area contributed by atoms with E-state index in [1.54, 1.807) is 4.68 Å². The maximum absolute atomic E-state index is 12.1. The van der Waals surface area contributed by atoms with Crippen molar-refractivity contribution in [1.29, 1.82) is 0 Å². The Hall–Kier alpha value is -2.69. The summed E-state index contributed by atoms with van der Waals surface area (Å²) in [4.78, 5) is 12.1. The monoisotopic (exact) mass is 280 g/mol. The quantitative estimate of drug-likeness (QED) is 0.800. The van der Waals surface area contributed by atoms with E-state index in [0.29, 0.717) is 12.1 Å². The maximum Gasteiger partial charge on any atom is 0.251 e. The molecule has 5 nitrogen and oxygen atoms in total. The second-order valence-electron chi connectivity index (χ2n) is 5.08. The highest BCUT2D eigenvalue weighted by atomic mass is 16.1. The van der Waals surface area contributed by atoms with Crippen LogP contribution < -0.4 is 5.32 Å². The third-order valence-corrected chi connectivity index (χ3v) is 3.44. The Balaban J connectivity index is 1.71. The van der Waals surface area contributed by atoms with E-state index >= 15 is 0 Å². The lowest BCUT2D eigenvalue weighted by Crippen LogP contribution is -2.22. The molecule has 21 heavy (non-hydrogen) atoms. The summed E-state index contributed by atoms with van der Waals surface area (Å²) in [6.07, 6.45) is 0. The Morgan fingerprint density at radius 3 is 2.71 bits per heavy atom. The van der Waals surface area contributed by atoms with Crippen molar-refractivity contribution in [2.45, 2.75) is 13.5 Å². The van der Waals surface area contributed by atoms with Crippen LogP contribution in [0.3, 0.4) is 0 Å². The fraction of sp³-hybridized carbons (Fsp3) is 0.188. The minimum atomic E-state index is -0.0748. The number of benzene rings is 2. The summed E-state index contributed by atoms with van der Waals surface area (Å²) in [7, 11) is 1.86. The van der Waals surface area contributed by atoms with Gasteiger partial charge < -0.3 is 5.32 Å². The molecule has 0 aliphatic carbocycles. The number of rotatable bonds is 3. The molecule has 0 saturated carbocycles. The molecule has 0 fully saturated rings. The topological polar surface area (TPSA) is 59.8 Å². The van der Waals surface area contributed by atoms with E-state index in [1.807, 2.05) is 56.4 Å². The Labute approximate surface area is 122 Å². The molecule has 106 valence electrons. The normalized spacial score (nSPS) is 10.8. The molecule has 0 radical (unpaired) electrons. The molecule has 0 atom stereocenters. The number of aryl methyl sites for hydroxylation is 2. The van der Waals surface area contributed by atoms with Crippen molar-refractivity contribution in [2.24, 2.45) is 7.05 Å². The predicted octanol–water partition coefficient (Wildman–Crippen LogP) is 2.21. The van der Waals surface area contributed by atoms with Crippen LogP contribution in [-0.4, -0.2) is 20.9 Å². The minimum Gasteiger partial charge on any atom is -0.348 e. The van der Waals surface area contributed by atoms with Crippen molar-refractivity contribution in [3.05, 3.63) is 59.2 Å². The third-order valence-electron chi connectivity index (χ3n) is 3.44. The van der Waals surface area contributed by atoms with Crippen LogP contribution in [0.4, 0.5) is 0 Å². The Kier molecular flexibility index (Phi) is 3.39. The van der Waals surface area contributed by atoms with Crippen molar-refractivity contribution in [3.8, 4) is 0 Å². The largest absolute Gasteiger partial charge is 0.348 e. The molecule has 0 bridgehead atoms. The van der Waals surface area contributed by atoms with Gasteiger partial charge in [-0.3, -0.25) is 4.79 Å². The van der Waals surface area contributed by atoms with Gasteiger partial charge in [-0.1, -0.05) is 29.0 Å². The van der Waals surface area contributed by atoms with Crippen LogP contribution in [0.5, 0.6) is 0 Å². The molecule has 2 aromatic carbocycles. The summed E-state index contributed by atoms with van der Waals surface area (Å²) in [6, 6.07) is 13.4. The number of hydrogen-bond donors (Lipinski definition) is 1. The molecule has 1 N–H and O–H groups in total. The Morgan fingerprint density at radius 1 is 1.19 bits per heavy atom. The molecular formula is C16H16N4O. The molecule has 3 rings (SSSR count). The highest BCUT2D eigenvalue weighted by molar-refractivity contribution is 5.94. The van der Waals surface area contributed by atoms with E-state index in [9.17, 15) is 4.79 Å². The summed E-state index contributed by atoms with van der Waals surface area (Å²) >= 11 is 0. The summed E-state index contributed by atoms with van der Waals surface area (Å²) in [5, 5.41) is 11.0. The van der Waals surface area contributed by atoms with Gasteiger partial charge in [-0.25, -0.2) is 4.68 Å². The first-order valence-corrected chi connectivity index (χ1v) is 6.77. The van der Waals surface area contributed by atoms with Gasteiger partial charge in [-0.15, -0.1) is 5.10 Å². The van der Waals surface area contributed by atoms with Gasteiger partial charge in [0.2, 0.25) is 0 Å². The lowest BCUT2D eigenvalue weighted by atomic mass is 10.1. The summed E-state index contributed by atoms with van der Waals surface area (Å²) in [5.41, 5.74) is 4.62. The highest BCUT2D eigenvalue weighted by Crippen LogP contribution is 2.12. The zero-order chi connectivity index (χ0) is 14.8. The van der Waals surface area contributed by atoms with Crippen LogP contribution >= 0.6 is 0 Å². The maximum atomic E-state index is 12.1. The lowest BCUT2D eigenvalue weighted by Gasteiger charge is -2.06. The molecule has 0 saturated heterocycles. The Bertz CT molecular complexity index is 790. The van der Waals surface area contributed by atoms with Gasteiger partial charge in [0.15, 0.2) is 0 Å². The number of nitrogens with zero attached hydrogens (tertiary/aromatic N) is 3. The molecule has 0 unspecified atom stereocenters. The van der Waals surface area contributed by atoms with Crippen LogP contribution in [0.15, 0.2) is 42.5 Å². The van der Waals surface area contributed by atoms with E-state index in [-0.39, 0.29) is 5.91 Å². The SMILES string of the molecule is Cc1ccc(C(=O)NCc2ccc3c(c2)nnn3C)cc1. The van der Waals surface area contributed by atoms with Crippen molar-refractivity contribution < 1.29 is 4.79 Å². The zero-order valence-electron chi connectivity index (χ0n) is 12.0. The number of carbonyl (C=O) groups excluding carboxylic acids is 1. The second-order valence-corrected chi connectivity index (χ2v) is 5.08. The average Bonchev–Trinajstić information content (AvgIpc) is 2.86. The van der Waals surface area contributed by atoms with Crippen LogP contribution in [0.1, 0.15) is 21.5 Å². The highest BCUT2D eigenvalue weighted by Gasteiger charge is 2.06. The minimum absolute atomic E-state index is 0.0748. The van der Waals surface area contributed by atoms with E-state index in [0.717, 1.165) is 22.2 Å². The van der Waals surface area contributed by atoms with Crippen molar-refractivity contribution in [3.63, 3.8) is 0 Å². The first-order chi connectivity index (χ1) is 10.1. The van der Waals surface area contributed by atoms with Gasteiger partial charge in [0.25, 0.3) is 5.91 Å². The number of aromatic nitrogens is 3. The zero-order valence-corrected chi connectivity index (χ0v) is 12.0. The average molecular weight is 280 g/mol. The number of fused-ring (bicyclic) bond motifs is 1. The van der Waals surface area contributed by atoms with Crippen molar-refractivity contribution >= 4 is 16.9 Å². The third kappa shape index (κ3) is 2.76. The molecular weight excluding hydrogens is 264 g/mol. The summed E-state index contributed by atoms with van der Waals surface area (Å²) in [6.45, 7) is 2.47. The van der Waals surface area contributed by atoms with Crippen LogP contribution in [0.2, 0.25) is 0 Å². The van der Waals surface area contributed by atoms with Gasteiger partial charge in [0, 0.05) is 19.2 Å². The number of amides is 1. The van der Waals surface area contributed by atoms with Crippen molar-refractivity contribution in [1.82, 2.24) is 20.3 Å². The van der Waals surface area contributed by atoms with E-state index < -0.39 is 0 Å². The van der Waals surface area contributed by atoms with Gasteiger partial charge in [0.1, 0.15) is 5.52 Å². The lowest BCUT2D eigenvalue weighted by molar-refractivity contribution is 0.0951. The molecule has 0 aliphatic rings. The fourth-order valence-electron chi connectivity index (χ4n) is 2.19. The number of carbonyl (C=O) groups is 1. The van der Waals surface area contributed by atoms with Gasteiger partial charge in [-0.05, 0) is 36.8 Å². The van der Waals surface area contributed by atoms with Crippen molar-refractivity contribution in [2.75, 3.05) is 0 Å². The molecule has 5 heteroatoms. The second kappa shape index (κ2) is 5.36. The number of hydrogen-bond acceptors (Lipinski definition) is 3. The Morgan fingerprint density at radius 2 is 1.95 bits per heavy atom. The van der Waals surface area contributed by atoms with Crippen LogP contribution in [0.25, 0.3) is 11.0 Å². The van der Waals surface area contributed by atoms with Gasteiger partial charge >= 0.3 is 0 Å². The van der Waals surface area contributed by atoms with E-state index in [1.165, 1.54) is 0 Å². The van der Waals surface area contributed by atoms with Gasteiger partial charge in [-0.2, -0.15) is 0 Å². The van der Waals surface area contributed by atoms with Crippen LogP contribution in [0, 0.1) is 6.92 Å². The summed E-state index contributed by atoms with van der Waals surface area (Å²) < 4.78 is 1.73. The molecule has 1 heterocycles. The standard InChI is InChI=1S/C16H16N4O/c1-11-3-6-13(7-4-11)16(21)17-10-12-5-8-15-14(9-12)18-19-20(15)2/h3-9H,10H2,1-2H3,(H,17,21). The van der Waals surface area contributed by atoms with E-state index in [2.05, 4.69) is 15.6 Å². The first-order valence-electron chi connectivity index (χ1n) is 6.77. The van der Waals surface area contributed by atoms with Crippen LogP contribution in [-0.2, 0) is 13.6 Å². The predicted molar refractivity (Wildman–Crippen MR) is 80.9 cm³/mol. The summed E-state index contributed by atoms with van der Waals surface area (Å²) in [5.74, 6) is -0.0748. The molecule has 0 spiro atoms. The van der Waals surface area contributed by atoms with Gasteiger partial charge in [0.05, 0.1) is 5.52 Å². The molecule has 1 amide bonds. The molecule has 3 aromatic rings. The number of nitrogens with one attached hydrogen (secondary N) is 1.